The van der Waals surface area contributed by atoms with Crippen LogP contribution in [-0.2, 0) is 15.2 Å². The predicted molar refractivity (Wildman–Crippen MR) is 113 cm³/mol. The number of hydrogen-bond acceptors (Lipinski definition) is 5. The minimum atomic E-state index is -1.27. The molecule has 2 aromatic carbocycles. The molecule has 2 rings (SSSR count). The first-order chi connectivity index (χ1) is 12.9. The number of esters is 1. The topological polar surface area (TPSA) is 44.8 Å². The van der Waals surface area contributed by atoms with Crippen LogP contribution < -0.4 is 4.74 Å². The van der Waals surface area contributed by atoms with Crippen molar-refractivity contribution in [2.75, 3.05) is 20.5 Å². The fourth-order valence-electron chi connectivity index (χ4n) is 2.37. The highest BCUT2D eigenvalue weighted by Gasteiger charge is 2.21. The van der Waals surface area contributed by atoms with Crippen molar-refractivity contribution in [3.8, 4) is 5.75 Å². The van der Waals surface area contributed by atoms with Crippen LogP contribution in [0.4, 0.5) is 0 Å². The summed E-state index contributed by atoms with van der Waals surface area (Å²) < 4.78 is 16.2. The van der Waals surface area contributed by atoms with Crippen LogP contribution in [0.1, 0.15) is 15.9 Å². The van der Waals surface area contributed by atoms with Crippen LogP contribution in [0.15, 0.2) is 53.4 Å². The fourth-order valence-corrected chi connectivity index (χ4v) is 4.00. The SMILES string of the molecule is COCOc1cccc(CSc2ccccc2)c1C(=O)OCC[Si](C)(C)C. The van der Waals surface area contributed by atoms with Gasteiger partial charge in [0.25, 0.3) is 0 Å². The zero-order valence-corrected chi connectivity index (χ0v) is 18.3. The molecule has 0 unspecified atom stereocenters. The zero-order chi connectivity index (χ0) is 19.7. The molecule has 2 aromatic rings. The van der Waals surface area contributed by atoms with Gasteiger partial charge in [0.15, 0.2) is 6.79 Å². The number of carbonyl (C=O) groups excluding carboxylic acids is 1. The molecular formula is C21H28O4SSi. The van der Waals surface area contributed by atoms with E-state index in [4.69, 9.17) is 14.2 Å². The molecule has 0 aliphatic carbocycles. The summed E-state index contributed by atoms with van der Waals surface area (Å²) in [7, 11) is 0.292. The summed E-state index contributed by atoms with van der Waals surface area (Å²) >= 11 is 1.68. The Balaban J connectivity index is 2.17. The van der Waals surface area contributed by atoms with Crippen molar-refractivity contribution < 1.29 is 19.0 Å². The second-order valence-electron chi connectivity index (χ2n) is 7.39. The smallest absolute Gasteiger partial charge is 0.342 e. The third kappa shape index (κ3) is 7.40. The first-order valence-corrected chi connectivity index (χ1v) is 13.7. The number of benzene rings is 2. The Morgan fingerprint density at radius 3 is 2.44 bits per heavy atom. The van der Waals surface area contributed by atoms with E-state index in [2.05, 4.69) is 31.8 Å². The molecule has 0 radical (unpaired) electrons. The van der Waals surface area contributed by atoms with E-state index in [1.54, 1.807) is 24.9 Å². The molecule has 0 atom stereocenters. The number of ether oxygens (including phenoxy) is 3. The van der Waals surface area contributed by atoms with Crippen LogP contribution in [0, 0.1) is 0 Å². The molecule has 0 amide bonds. The van der Waals surface area contributed by atoms with Gasteiger partial charge in [-0.1, -0.05) is 50.0 Å². The summed E-state index contributed by atoms with van der Waals surface area (Å²) in [5.74, 6) is 0.830. The number of hydrogen-bond donors (Lipinski definition) is 0. The molecule has 6 heteroatoms. The van der Waals surface area contributed by atoms with E-state index in [9.17, 15) is 4.79 Å². The third-order valence-electron chi connectivity index (χ3n) is 3.87. The van der Waals surface area contributed by atoms with Gasteiger partial charge in [-0.15, -0.1) is 11.8 Å². The zero-order valence-electron chi connectivity index (χ0n) is 16.5. The fraction of sp³-hybridized carbons (Fsp3) is 0.381. The van der Waals surface area contributed by atoms with Crippen molar-refractivity contribution >= 4 is 25.8 Å². The lowest BCUT2D eigenvalue weighted by Crippen LogP contribution is -2.23. The molecule has 0 aromatic heterocycles. The summed E-state index contributed by atoms with van der Waals surface area (Å²) in [6.45, 7) is 7.32. The van der Waals surface area contributed by atoms with Gasteiger partial charge in [0.05, 0.1) is 6.61 Å². The Morgan fingerprint density at radius 1 is 1.04 bits per heavy atom. The summed E-state index contributed by atoms with van der Waals surface area (Å²) in [6.07, 6.45) is 0. The molecule has 0 saturated heterocycles. The normalized spacial score (nSPS) is 11.3. The number of methoxy groups -OCH3 is 1. The lowest BCUT2D eigenvalue weighted by Gasteiger charge is -2.17. The molecule has 27 heavy (non-hydrogen) atoms. The average Bonchev–Trinajstić information content (AvgIpc) is 2.64. The van der Waals surface area contributed by atoms with E-state index in [0.29, 0.717) is 23.7 Å². The Morgan fingerprint density at radius 2 is 1.78 bits per heavy atom. The highest BCUT2D eigenvalue weighted by atomic mass is 32.2. The second kappa shape index (κ2) is 10.5. The Labute approximate surface area is 167 Å². The molecule has 0 bridgehead atoms. The van der Waals surface area contributed by atoms with Gasteiger partial charge in [-0.05, 0) is 29.8 Å². The molecule has 4 nitrogen and oxygen atoms in total. The number of carbonyl (C=O) groups is 1. The molecule has 0 fully saturated rings. The van der Waals surface area contributed by atoms with Crippen LogP contribution in [-0.4, -0.2) is 34.6 Å². The van der Waals surface area contributed by atoms with E-state index in [-0.39, 0.29) is 12.8 Å². The first-order valence-electron chi connectivity index (χ1n) is 8.99. The van der Waals surface area contributed by atoms with Gasteiger partial charge >= 0.3 is 5.97 Å². The minimum absolute atomic E-state index is 0.0878. The molecular weight excluding hydrogens is 376 g/mol. The van der Waals surface area contributed by atoms with E-state index in [1.807, 2.05) is 30.3 Å². The van der Waals surface area contributed by atoms with Gasteiger partial charge in [-0.2, -0.15) is 0 Å². The maximum Gasteiger partial charge on any atom is 0.342 e. The highest BCUT2D eigenvalue weighted by Crippen LogP contribution is 2.30. The molecule has 146 valence electrons. The van der Waals surface area contributed by atoms with Gasteiger partial charge in [0.2, 0.25) is 0 Å². The molecule has 0 heterocycles. The van der Waals surface area contributed by atoms with Gasteiger partial charge in [-0.3, -0.25) is 0 Å². The first kappa shape index (κ1) is 21.5. The molecule has 0 N–H and O–H groups in total. The predicted octanol–water partition coefficient (Wildman–Crippen LogP) is 5.46. The standard InChI is InChI=1S/C21H28O4SSi/c1-23-16-25-19-12-8-9-17(15-26-18-10-6-5-7-11-18)20(19)21(22)24-13-14-27(2,3)4/h5-12H,13-16H2,1-4H3. The van der Waals surface area contributed by atoms with E-state index in [0.717, 1.165) is 16.5 Å². The van der Waals surface area contributed by atoms with Gasteiger partial charge in [-0.25, -0.2) is 4.79 Å². The minimum Gasteiger partial charge on any atom is -0.467 e. The molecule has 0 aliphatic rings. The molecule has 0 spiro atoms. The number of rotatable bonds is 10. The average molecular weight is 405 g/mol. The number of thioether (sulfide) groups is 1. The molecule has 0 saturated carbocycles. The van der Waals surface area contributed by atoms with Crippen LogP contribution >= 0.6 is 11.8 Å². The van der Waals surface area contributed by atoms with Gasteiger partial charge in [0.1, 0.15) is 11.3 Å². The molecule has 0 aliphatic heterocycles. The summed E-state index contributed by atoms with van der Waals surface area (Å²) in [5.41, 5.74) is 1.39. The van der Waals surface area contributed by atoms with Crippen LogP contribution in [0.25, 0.3) is 0 Å². The lowest BCUT2D eigenvalue weighted by molar-refractivity contribution is 0.0436. The van der Waals surface area contributed by atoms with Crippen LogP contribution in [0.3, 0.4) is 0 Å². The van der Waals surface area contributed by atoms with Crippen molar-refractivity contribution in [3.63, 3.8) is 0 Å². The van der Waals surface area contributed by atoms with Crippen molar-refractivity contribution in [2.24, 2.45) is 0 Å². The highest BCUT2D eigenvalue weighted by molar-refractivity contribution is 7.98. The second-order valence-corrected chi connectivity index (χ2v) is 14.1. The maximum absolute atomic E-state index is 12.8. The summed E-state index contributed by atoms with van der Waals surface area (Å²) in [4.78, 5) is 14.0. The van der Waals surface area contributed by atoms with Crippen LogP contribution in [0.5, 0.6) is 5.75 Å². The maximum atomic E-state index is 12.8. The third-order valence-corrected chi connectivity index (χ3v) is 6.64. The van der Waals surface area contributed by atoms with Gasteiger partial charge in [0, 0.05) is 25.8 Å². The largest absolute Gasteiger partial charge is 0.467 e. The summed E-state index contributed by atoms with van der Waals surface area (Å²) in [5, 5.41) is 0. The monoisotopic (exact) mass is 404 g/mol. The Kier molecular flexibility index (Phi) is 8.41. The summed E-state index contributed by atoms with van der Waals surface area (Å²) in [6, 6.07) is 16.7. The van der Waals surface area contributed by atoms with E-state index in [1.165, 1.54) is 0 Å². The quantitative estimate of drug-likeness (QED) is 0.228. The Hall–Kier alpha value is -1.76. The van der Waals surface area contributed by atoms with Gasteiger partial charge < -0.3 is 14.2 Å². The van der Waals surface area contributed by atoms with Crippen LogP contribution in [0.2, 0.25) is 25.7 Å². The van der Waals surface area contributed by atoms with Crippen molar-refractivity contribution in [2.45, 2.75) is 36.3 Å². The van der Waals surface area contributed by atoms with E-state index >= 15 is 0 Å². The van der Waals surface area contributed by atoms with E-state index < -0.39 is 8.07 Å². The Bertz CT molecular complexity index is 729. The van der Waals surface area contributed by atoms with Crippen molar-refractivity contribution in [3.05, 3.63) is 59.7 Å². The van der Waals surface area contributed by atoms with Crippen molar-refractivity contribution in [1.29, 1.82) is 0 Å². The lowest BCUT2D eigenvalue weighted by atomic mass is 10.1. The van der Waals surface area contributed by atoms with Crippen molar-refractivity contribution in [1.82, 2.24) is 0 Å².